The second-order valence-corrected chi connectivity index (χ2v) is 6.40. The summed E-state index contributed by atoms with van der Waals surface area (Å²) in [6.45, 7) is 0. The Balaban J connectivity index is 1.70. The lowest BCUT2D eigenvalue weighted by Gasteiger charge is -2.08. The maximum atomic E-state index is 13.2. The molecule has 0 saturated heterocycles. The van der Waals surface area contributed by atoms with Crippen molar-refractivity contribution in [3.63, 3.8) is 0 Å². The molecule has 0 bridgehead atoms. The van der Waals surface area contributed by atoms with Crippen molar-refractivity contribution < 1.29 is 4.39 Å². The average Bonchev–Trinajstić information content (AvgIpc) is 2.69. The predicted molar refractivity (Wildman–Crippen MR) is 106 cm³/mol. The second kappa shape index (κ2) is 7.11. The van der Waals surface area contributed by atoms with Crippen LogP contribution in [0.2, 0.25) is 5.15 Å². The molecule has 3 aromatic carbocycles. The standard InChI is InChI=1S/C23H15ClFN/c24-23-15-20(14-22(26-23)19-10-12-21(25)13-11-19)18-8-6-17(7-9-18)16-4-2-1-3-5-16/h1-15H. The summed E-state index contributed by atoms with van der Waals surface area (Å²) in [5, 5.41) is 0.411. The van der Waals surface area contributed by atoms with Crippen molar-refractivity contribution >= 4 is 11.6 Å². The molecule has 0 spiro atoms. The molecular weight excluding hydrogens is 345 g/mol. The minimum atomic E-state index is -0.271. The Morgan fingerprint density at radius 1 is 0.577 bits per heavy atom. The molecule has 3 heteroatoms. The Morgan fingerprint density at radius 2 is 1.12 bits per heavy atom. The van der Waals surface area contributed by atoms with Crippen molar-refractivity contribution in [2.24, 2.45) is 0 Å². The van der Waals surface area contributed by atoms with Gasteiger partial charge in [0.2, 0.25) is 0 Å². The van der Waals surface area contributed by atoms with Crippen LogP contribution in [0.1, 0.15) is 0 Å². The van der Waals surface area contributed by atoms with E-state index >= 15 is 0 Å². The van der Waals surface area contributed by atoms with Gasteiger partial charge in [0.1, 0.15) is 11.0 Å². The maximum absolute atomic E-state index is 13.2. The number of hydrogen-bond acceptors (Lipinski definition) is 1. The highest BCUT2D eigenvalue weighted by molar-refractivity contribution is 6.29. The van der Waals surface area contributed by atoms with Crippen LogP contribution in [0.5, 0.6) is 0 Å². The van der Waals surface area contributed by atoms with Crippen LogP contribution in [0.25, 0.3) is 33.5 Å². The van der Waals surface area contributed by atoms with Gasteiger partial charge in [-0.2, -0.15) is 0 Å². The third-order valence-electron chi connectivity index (χ3n) is 4.26. The Labute approximate surface area is 156 Å². The van der Waals surface area contributed by atoms with Crippen LogP contribution in [0.15, 0.2) is 91.0 Å². The zero-order valence-electron chi connectivity index (χ0n) is 13.9. The maximum Gasteiger partial charge on any atom is 0.130 e. The minimum absolute atomic E-state index is 0.271. The van der Waals surface area contributed by atoms with Gasteiger partial charge in [0.05, 0.1) is 5.69 Å². The average molecular weight is 360 g/mol. The monoisotopic (exact) mass is 359 g/mol. The molecule has 126 valence electrons. The topological polar surface area (TPSA) is 12.9 Å². The molecule has 1 aromatic heterocycles. The van der Waals surface area contributed by atoms with E-state index in [4.69, 9.17) is 11.6 Å². The lowest BCUT2D eigenvalue weighted by molar-refractivity contribution is 0.628. The first-order valence-corrected chi connectivity index (χ1v) is 8.66. The van der Waals surface area contributed by atoms with Crippen LogP contribution < -0.4 is 0 Å². The first-order chi connectivity index (χ1) is 12.7. The molecular formula is C23H15ClFN. The van der Waals surface area contributed by atoms with Crippen LogP contribution in [-0.4, -0.2) is 4.98 Å². The second-order valence-electron chi connectivity index (χ2n) is 6.01. The molecule has 1 nitrogen and oxygen atoms in total. The fraction of sp³-hybridized carbons (Fsp3) is 0. The first-order valence-electron chi connectivity index (χ1n) is 8.28. The van der Waals surface area contributed by atoms with E-state index in [0.717, 1.165) is 27.9 Å². The van der Waals surface area contributed by atoms with E-state index in [9.17, 15) is 4.39 Å². The van der Waals surface area contributed by atoms with E-state index in [1.54, 1.807) is 12.1 Å². The van der Waals surface area contributed by atoms with Crippen LogP contribution in [0.4, 0.5) is 4.39 Å². The highest BCUT2D eigenvalue weighted by Crippen LogP contribution is 2.29. The van der Waals surface area contributed by atoms with Gasteiger partial charge in [0, 0.05) is 5.56 Å². The van der Waals surface area contributed by atoms with Gasteiger partial charge in [-0.25, -0.2) is 9.37 Å². The van der Waals surface area contributed by atoms with E-state index in [1.165, 1.54) is 17.7 Å². The van der Waals surface area contributed by atoms with Crippen molar-refractivity contribution in [3.05, 3.63) is 102 Å². The van der Waals surface area contributed by atoms with Gasteiger partial charge >= 0.3 is 0 Å². The van der Waals surface area contributed by atoms with Crippen LogP contribution in [0, 0.1) is 5.82 Å². The summed E-state index contributed by atoms with van der Waals surface area (Å²) in [4.78, 5) is 4.37. The quantitative estimate of drug-likeness (QED) is 0.363. The van der Waals surface area contributed by atoms with Crippen molar-refractivity contribution in [1.82, 2.24) is 4.98 Å². The molecule has 0 saturated carbocycles. The molecule has 0 aliphatic heterocycles. The largest absolute Gasteiger partial charge is 0.236 e. The number of benzene rings is 3. The zero-order valence-corrected chi connectivity index (χ0v) is 14.6. The predicted octanol–water partition coefficient (Wildman–Crippen LogP) is 6.88. The lowest BCUT2D eigenvalue weighted by Crippen LogP contribution is -1.88. The zero-order chi connectivity index (χ0) is 17.9. The number of nitrogens with zero attached hydrogens (tertiary/aromatic N) is 1. The van der Waals surface area contributed by atoms with E-state index in [1.807, 2.05) is 30.3 Å². The van der Waals surface area contributed by atoms with Crippen LogP contribution in [-0.2, 0) is 0 Å². The van der Waals surface area contributed by atoms with Gasteiger partial charge in [-0.1, -0.05) is 66.2 Å². The molecule has 0 atom stereocenters. The number of pyridine rings is 1. The molecule has 0 fully saturated rings. The van der Waals surface area contributed by atoms with E-state index in [2.05, 4.69) is 41.4 Å². The van der Waals surface area contributed by atoms with Crippen molar-refractivity contribution in [2.45, 2.75) is 0 Å². The molecule has 0 amide bonds. The molecule has 0 unspecified atom stereocenters. The summed E-state index contributed by atoms with van der Waals surface area (Å²) >= 11 is 6.22. The van der Waals surface area contributed by atoms with Gasteiger partial charge in [0.25, 0.3) is 0 Å². The molecule has 0 aliphatic carbocycles. The molecule has 4 aromatic rings. The van der Waals surface area contributed by atoms with E-state index in [0.29, 0.717) is 5.15 Å². The summed E-state index contributed by atoms with van der Waals surface area (Å²) < 4.78 is 13.2. The van der Waals surface area contributed by atoms with Crippen molar-refractivity contribution in [3.8, 4) is 33.5 Å². The van der Waals surface area contributed by atoms with E-state index in [-0.39, 0.29) is 5.82 Å². The Hall–Kier alpha value is -2.97. The molecule has 4 rings (SSSR count). The lowest BCUT2D eigenvalue weighted by atomic mass is 9.99. The summed E-state index contributed by atoms with van der Waals surface area (Å²) in [6, 6.07) is 28.6. The first kappa shape index (κ1) is 16.5. The molecule has 1 heterocycles. The summed E-state index contributed by atoms with van der Waals surface area (Å²) in [5.41, 5.74) is 5.92. The van der Waals surface area contributed by atoms with Crippen LogP contribution >= 0.6 is 11.6 Å². The number of rotatable bonds is 3. The highest BCUT2D eigenvalue weighted by atomic mass is 35.5. The third kappa shape index (κ3) is 3.51. The van der Waals surface area contributed by atoms with Gasteiger partial charge in [0.15, 0.2) is 0 Å². The van der Waals surface area contributed by atoms with Crippen molar-refractivity contribution in [1.29, 1.82) is 0 Å². The van der Waals surface area contributed by atoms with Gasteiger partial charge in [-0.05, 0) is 58.7 Å². The minimum Gasteiger partial charge on any atom is -0.236 e. The number of hydrogen-bond donors (Lipinski definition) is 0. The fourth-order valence-corrected chi connectivity index (χ4v) is 3.13. The summed E-state index contributed by atoms with van der Waals surface area (Å²) in [5.74, 6) is -0.271. The number of aromatic nitrogens is 1. The summed E-state index contributed by atoms with van der Waals surface area (Å²) in [6.07, 6.45) is 0. The van der Waals surface area contributed by atoms with Crippen molar-refractivity contribution in [2.75, 3.05) is 0 Å². The van der Waals surface area contributed by atoms with Gasteiger partial charge < -0.3 is 0 Å². The third-order valence-corrected chi connectivity index (χ3v) is 4.45. The molecule has 0 aliphatic rings. The number of halogens is 2. The normalized spacial score (nSPS) is 10.7. The Kier molecular flexibility index (Phi) is 4.51. The smallest absolute Gasteiger partial charge is 0.130 e. The molecule has 26 heavy (non-hydrogen) atoms. The van der Waals surface area contributed by atoms with Gasteiger partial charge in [-0.15, -0.1) is 0 Å². The Morgan fingerprint density at radius 3 is 1.77 bits per heavy atom. The highest BCUT2D eigenvalue weighted by Gasteiger charge is 2.07. The fourth-order valence-electron chi connectivity index (χ4n) is 2.92. The summed E-state index contributed by atoms with van der Waals surface area (Å²) in [7, 11) is 0. The van der Waals surface area contributed by atoms with E-state index < -0.39 is 0 Å². The van der Waals surface area contributed by atoms with Gasteiger partial charge in [-0.3, -0.25) is 0 Å². The SMILES string of the molecule is Fc1ccc(-c2cc(-c3ccc(-c4ccccc4)cc3)cc(Cl)n2)cc1. The Bertz CT molecular complexity index is 1030. The molecule has 0 N–H and O–H groups in total. The molecule has 0 radical (unpaired) electrons. The van der Waals surface area contributed by atoms with Crippen LogP contribution in [0.3, 0.4) is 0 Å².